The Morgan fingerprint density at radius 3 is 2.68 bits per heavy atom. The Hall–Kier alpha value is -1.93. The lowest BCUT2D eigenvalue weighted by Gasteiger charge is -2.12. The van der Waals surface area contributed by atoms with E-state index in [9.17, 15) is 8.78 Å². The molecule has 0 unspecified atom stereocenters. The minimum atomic E-state index is -0.714. The average Bonchev–Trinajstić information content (AvgIpc) is 2.59. The van der Waals surface area contributed by atoms with Crippen molar-refractivity contribution in [1.82, 2.24) is 10.6 Å². The average molecular weight is 359 g/mol. The van der Waals surface area contributed by atoms with Crippen LogP contribution in [0.4, 0.5) is 8.78 Å². The van der Waals surface area contributed by atoms with Gasteiger partial charge >= 0.3 is 0 Å². The van der Waals surface area contributed by atoms with Crippen molar-refractivity contribution < 1.29 is 23.0 Å². The maximum Gasteiger partial charge on any atom is 0.191 e. The number of methoxy groups -OCH3 is 1. The monoisotopic (exact) mass is 359 g/mol. The zero-order chi connectivity index (χ0) is 18.3. The van der Waals surface area contributed by atoms with Gasteiger partial charge in [0, 0.05) is 32.9 Å². The summed E-state index contributed by atoms with van der Waals surface area (Å²) < 4.78 is 41.8. The van der Waals surface area contributed by atoms with E-state index in [0.717, 1.165) is 25.1 Å². The molecule has 142 valence electrons. The molecular formula is C17H27F2N3O3. The molecule has 0 aliphatic rings. The third-order valence-corrected chi connectivity index (χ3v) is 3.04. The molecule has 1 aromatic rings. The van der Waals surface area contributed by atoms with E-state index in [0.29, 0.717) is 38.9 Å². The lowest BCUT2D eigenvalue weighted by atomic mass is 10.3. The topological polar surface area (TPSA) is 64.1 Å². The SMILES string of the molecule is CCNC(=NCCCOCCOC)NCCOc1ccc(F)cc1F. The molecule has 25 heavy (non-hydrogen) atoms. The maximum atomic E-state index is 13.4. The van der Waals surface area contributed by atoms with Crippen LogP contribution >= 0.6 is 0 Å². The van der Waals surface area contributed by atoms with Crippen molar-refractivity contribution in [3.8, 4) is 5.75 Å². The molecule has 0 saturated carbocycles. The molecule has 0 atom stereocenters. The first-order valence-electron chi connectivity index (χ1n) is 8.34. The summed E-state index contributed by atoms with van der Waals surface area (Å²) in [4.78, 5) is 4.41. The molecule has 0 aliphatic heterocycles. The molecular weight excluding hydrogens is 332 g/mol. The summed E-state index contributed by atoms with van der Waals surface area (Å²) in [6.07, 6.45) is 0.803. The van der Waals surface area contributed by atoms with E-state index in [4.69, 9.17) is 14.2 Å². The highest BCUT2D eigenvalue weighted by molar-refractivity contribution is 5.79. The fraction of sp³-hybridized carbons (Fsp3) is 0.588. The number of hydrogen-bond donors (Lipinski definition) is 2. The Morgan fingerprint density at radius 2 is 1.96 bits per heavy atom. The van der Waals surface area contributed by atoms with Gasteiger partial charge in [0.15, 0.2) is 17.5 Å². The van der Waals surface area contributed by atoms with Crippen LogP contribution in [0.5, 0.6) is 5.75 Å². The summed E-state index contributed by atoms with van der Waals surface area (Å²) >= 11 is 0. The van der Waals surface area contributed by atoms with Gasteiger partial charge in [-0.1, -0.05) is 0 Å². The summed E-state index contributed by atoms with van der Waals surface area (Å²) in [5.41, 5.74) is 0. The molecule has 1 rings (SSSR count). The number of nitrogens with zero attached hydrogens (tertiary/aromatic N) is 1. The van der Waals surface area contributed by atoms with Crippen molar-refractivity contribution in [3.05, 3.63) is 29.8 Å². The van der Waals surface area contributed by atoms with Gasteiger partial charge in [0.05, 0.1) is 19.8 Å². The molecule has 0 heterocycles. The van der Waals surface area contributed by atoms with Gasteiger partial charge in [0.2, 0.25) is 0 Å². The van der Waals surface area contributed by atoms with E-state index in [1.165, 1.54) is 6.07 Å². The number of nitrogens with one attached hydrogen (secondary N) is 2. The van der Waals surface area contributed by atoms with Crippen LogP contribution in [0.25, 0.3) is 0 Å². The summed E-state index contributed by atoms with van der Waals surface area (Å²) in [5.74, 6) is -0.661. The van der Waals surface area contributed by atoms with Crippen molar-refractivity contribution in [3.63, 3.8) is 0 Å². The van der Waals surface area contributed by atoms with Crippen LogP contribution in [0, 0.1) is 11.6 Å². The number of aliphatic imine (C=N–C) groups is 1. The van der Waals surface area contributed by atoms with E-state index in [2.05, 4.69) is 15.6 Å². The zero-order valence-electron chi connectivity index (χ0n) is 14.8. The first-order chi connectivity index (χ1) is 12.2. The van der Waals surface area contributed by atoms with E-state index in [-0.39, 0.29) is 12.4 Å². The van der Waals surface area contributed by atoms with Crippen molar-refractivity contribution in [2.75, 3.05) is 53.2 Å². The first kappa shape index (κ1) is 21.1. The molecule has 0 bridgehead atoms. The number of benzene rings is 1. The predicted molar refractivity (Wildman–Crippen MR) is 93.1 cm³/mol. The Morgan fingerprint density at radius 1 is 1.12 bits per heavy atom. The minimum Gasteiger partial charge on any atom is -0.489 e. The highest BCUT2D eigenvalue weighted by Gasteiger charge is 2.04. The van der Waals surface area contributed by atoms with Crippen LogP contribution in [0.2, 0.25) is 0 Å². The molecule has 0 spiro atoms. The Bertz CT molecular complexity index is 516. The molecule has 6 nitrogen and oxygen atoms in total. The van der Waals surface area contributed by atoms with Crippen LogP contribution in [0.3, 0.4) is 0 Å². The van der Waals surface area contributed by atoms with Crippen LogP contribution in [0.1, 0.15) is 13.3 Å². The fourth-order valence-corrected chi connectivity index (χ4v) is 1.87. The number of hydrogen-bond acceptors (Lipinski definition) is 4. The Labute approximate surface area is 147 Å². The van der Waals surface area contributed by atoms with Gasteiger partial charge < -0.3 is 24.8 Å². The fourth-order valence-electron chi connectivity index (χ4n) is 1.87. The standard InChI is InChI=1S/C17H27F2N3O3/c1-3-20-17(21-7-4-9-24-12-11-23-2)22-8-10-25-16-6-5-14(18)13-15(16)19/h5-6,13H,3-4,7-12H2,1-2H3,(H2,20,21,22). The number of ether oxygens (including phenoxy) is 3. The lowest BCUT2D eigenvalue weighted by molar-refractivity contribution is 0.0702. The first-order valence-corrected chi connectivity index (χ1v) is 8.34. The zero-order valence-corrected chi connectivity index (χ0v) is 14.8. The smallest absolute Gasteiger partial charge is 0.191 e. The van der Waals surface area contributed by atoms with Crippen molar-refractivity contribution in [1.29, 1.82) is 0 Å². The van der Waals surface area contributed by atoms with Gasteiger partial charge in [-0.3, -0.25) is 4.99 Å². The molecule has 0 fully saturated rings. The van der Waals surface area contributed by atoms with Gasteiger partial charge in [-0.15, -0.1) is 0 Å². The van der Waals surface area contributed by atoms with Gasteiger partial charge in [-0.2, -0.15) is 0 Å². The molecule has 8 heteroatoms. The quantitative estimate of drug-likeness (QED) is 0.339. The predicted octanol–water partition coefficient (Wildman–Crippen LogP) is 1.95. The van der Waals surface area contributed by atoms with Crippen molar-refractivity contribution in [2.24, 2.45) is 4.99 Å². The molecule has 1 aromatic carbocycles. The van der Waals surface area contributed by atoms with Crippen molar-refractivity contribution >= 4 is 5.96 Å². The minimum absolute atomic E-state index is 0.0262. The summed E-state index contributed by atoms with van der Waals surface area (Å²) in [7, 11) is 1.64. The van der Waals surface area contributed by atoms with E-state index in [1.807, 2.05) is 6.92 Å². The third kappa shape index (κ3) is 9.83. The van der Waals surface area contributed by atoms with Gasteiger partial charge in [0.1, 0.15) is 12.4 Å². The van der Waals surface area contributed by atoms with Gasteiger partial charge in [-0.25, -0.2) is 8.78 Å². The molecule has 0 saturated heterocycles. The largest absolute Gasteiger partial charge is 0.489 e. The van der Waals surface area contributed by atoms with E-state index in [1.54, 1.807) is 7.11 Å². The third-order valence-electron chi connectivity index (χ3n) is 3.04. The summed E-state index contributed by atoms with van der Waals surface area (Å²) in [5, 5.41) is 6.20. The maximum absolute atomic E-state index is 13.4. The summed E-state index contributed by atoms with van der Waals surface area (Å²) in [6, 6.07) is 3.22. The Kier molecular flexibility index (Phi) is 11.3. The van der Waals surface area contributed by atoms with Crippen LogP contribution in [0.15, 0.2) is 23.2 Å². The Balaban J connectivity index is 2.24. The van der Waals surface area contributed by atoms with Crippen LogP contribution in [-0.4, -0.2) is 59.1 Å². The highest BCUT2D eigenvalue weighted by atomic mass is 19.1. The van der Waals surface area contributed by atoms with E-state index >= 15 is 0 Å². The molecule has 0 amide bonds. The number of guanidine groups is 1. The van der Waals surface area contributed by atoms with E-state index < -0.39 is 11.6 Å². The second-order valence-electron chi connectivity index (χ2n) is 5.07. The highest BCUT2D eigenvalue weighted by Crippen LogP contribution is 2.17. The molecule has 0 aliphatic carbocycles. The van der Waals surface area contributed by atoms with Crippen LogP contribution < -0.4 is 15.4 Å². The van der Waals surface area contributed by atoms with Crippen molar-refractivity contribution in [2.45, 2.75) is 13.3 Å². The molecule has 2 N–H and O–H groups in total. The summed E-state index contributed by atoms with van der Waals surface area (Å²) in [6.45, 7) is 5.77. The second-order valence-corrected chi connectivity index (χ2v) is 5.07. The number of halogens is 2. The molecule has 0 aromatic heterocycles. The van der Waals surface area contributed by atoms with Crippen LogP contribution in [-0.2, 0) is 9.47 Å². The van der Waals surface area contributed by atoms with Gasteiger partial charge in [0.25, 0.3) is 0 Å². The number of rotatable bonds is 12. The van der Waals surface area contributed by atoms with Gasteiger partial charge in [-0.05, 0) is 25.5 Å². The second kappa shape index (κ2) is 13.4. The lowest BCUT2D eigenvalue weighted by Crippen LogP contribution is -2.39. The molecule has 0 radical (unpaired) electrons. The normalized spacial score (nSPS) is 11.4.